The van der Waals surface area contributed by atoms with Gasteiger partial charge in [-0.1, -0.05) is 12.8 Å². The predicted molar refractivity (Wildman–Crippen MR) is 100 cm³/mol. The monoisotopic (exact) mass is 384 g/mol. The second-order valence-electron chi connectivity index (χ2n) is 6.71. The van der Waals surface area contributed by atoms with Crippen LogP contribution in [0, 0.1) is 5.92 Å². The molecule has 1 saturated carbocycles. The van der Waals surface area contributed by atoms with E-state index in [0.29, 0.717) is 17.7 Å². The molecule has 2 unspecified atom stereocenters. The molecular formula is C16H25ClN6O3. The maximum absolute atomic E-state index is 12.6. The van der Waals surface area contributed by atoms with Gasteiger partial charge in [-0.2, -0.15) is 0 Å². The first-order chi connectivity index (χ1) is 11.9. The van der Waals surface area contributed by atoms with E-state index < -0.39 is 11.2 Å². The van der Waals surface area contributed by atoms with Crippen LogP contribution >= 0.6 is 12.4 Å². The minimum absolute atomic E-state index is 0. The summed E-state index contributed by atoms with van der Waals surface area (Å²) in [6.07, 6.45) is 5.50. The van der Waals surface area contributed by atoms with Gasteiger partial charge in [0.15, 0.2) is 11.2 Å². The van der Waals surface area contributed by atoms with Crippen molar-refractivity contribution in [2.24, 2.45) is 25.7 Å². The Balaban J connectivity index is 0.00000243. The molecule has 3 N–H and O–H groups in total. The van der Waals surface area contributed by atoms with E-state index in [0.717, 1.165) is 30.3 Å². The number of nitrogens with two attached hydrogens (primary N) is 1. The van der Waals surface area contributed by atoms with E-state index in [4.69, 9.17) is 5.73 Å². The Kier molecular flexibility index (Phi) is 6.25. The summed E-state index contributed by atoms with van der Waals surface area (Å²) in [6.45, 7) is 0.216. The lowest BCUT2D eigenvalue weighted by molar-refractivity contribution is -0.123. The SMILES string of the molecule is Cl.Cn1cnc2c1c(=O)n(CC(=O)NC1CCCCC1CN)c(=O)n2C. The van der Waals surface area contributed by atoms with Gasteiger partial charge in [-0.25, -0.2) is 14.3 Å². The van der Waals surface area contributed by atoms with Crippen LogP contribution in [0.2, 0.25) is 0 Å². The lowest BCUT2D eigenvalue weighted by atomic mass is 9.84. The van der Waals surface area contributed by atoms with Crippen molar-refractivity contribution in [1.82, 2.24) is 24.0 Å². The van der Waals surface area contributed by atoms with Crippen LogP contribution < -0.4 is 22.3 Å². The van der Waals surface area contributed by atoms with E-state index in [1.165, 1.54) is 17.9 Å². The number of hydrogen-bond acceptors (Lipinski definition) is 5. The van der Waals surface area contributed by atoms with Gasteiger partial charge < -0.3 is 15.6 Å². The zero-order chi connectivity index (χ0) is 18.1. The summed E-state index contributed by atoms with van der Waals surface area (Å²) in [5.41, 5.74) is 5.34. The molecular weight excluding hydrogens is 360 g/mol. The molecule has 1 aliphatic rings. The number of nitrogens with one attached hydrogen (secondary N) is 1. The van der Waals surface area contributed by atoms with Crippen LogP contribution in [0.4, 0.5) is 0 Å². The van der Waals surface area contributed by atoms with Gasteiger partial charge in [0.05, 0.1) is 6.33 Å². The van der Waals surface area contributed by atoms with Gasteiger partial charge in [0.1, 0.15) is 6.54 Å². The van der Waals surface area contributed by atoms with E-state index in [9.17, 15) is 14.4 Å². The van der Waals surface area contributed by atoms with Crippen molar-refractivity contribution in [3.8, 4) is 0 Å². The fourth-order valence-electron chi connectivity index (χ4n) is 3.61. The Hall–Kier alpha value is -2.13. The maximum Gasteiger partial charge on any atom is 0.332 e. The quantitative estimate of drug-likeness (QED) is 0.736. The van der Waals surface area contributed by atoms with Crippen molar-refractivity contribution in [3.05, 3.63) is 27.2 Å². The highest BCUT2D eigenvalue weighted by Crippen LogP contribution is 2.23. The van der Waals surface area contributed by atoms with Gasteiger partial charge in [0, 0.05) is 20.1 Å². The summed E-state index contributed by atoms with van der Waals surface area (Å²) in [5.74, 6) is -0.0946. The molecule has 0 spiro atoms. The highest BCUT2D eigenvalue weighted by molar-refractivity contribution is 5.85. The van der Waals surface area contributed by atoms with Gasteiger partial charge >= 0.3 is 5.69 Å². The molecule has 2 aromatic rings. The number of carbonyl (C=O) groups is 1. The topological polar surface area (TPSA) is 117 Å². The molecule has 3 rings (SSSR count). The summed E-state index contributed by atoms with van der Waals surface area (Å²) in [6, 6.07) is 0.00578. The van der Waals surface area contributed by atoms with Gasteiger partial charge in [-0.3, -0.25) is 14.2 Å². The summed E-state index contributed by atoms with van der Waals surface area (Å²) in [5, 5.41) is 2.95. The molecule has 2 aromatic heterocycles. The Morgan fingerprint density at radius 3 is 2.69 bits per heavy atom. The van der Waals surface area contributed by atoms with E-state index in [-0.39, 0.29) is 36.8 Å². The van der Waals surface area contributed by atoms with Gasteiger partial charge in [-0.05, 0) is 25.3 Å². The van der Waals surface area contributed by atoms with Crippen LogP contribution in [0.25, 0.3) is 11.2 Å². The number of rotatable bonds is 4. The third-order valence-corrected chi connectivity index (χ3v) is 5.06. The van der Waals surface area contributed by atoms with E-state index in [2.05, 4.69) is 10.3 Å². The lowest BCUT2D eigenvalue weighted by Crippen LogP contribution is -2.48. The first kappa shape index (κ1) is 20.2. The van der Waals surface area contributed by atoms with Crippen molar-refractivity contribution in [2.75, 3.05) is 6.54 Å². The standard InChI is InChI=1S/C16H24N6O3.ClH/c1-20-9-18-14-13(20)15(24)22(16(25)21(14)2)8-12(23)19-11-6-4-3-5-10(11)7-17;/h9-11H,3-8,17H2,1-2H3,(H,19,23);1H. The first-order valence-electron chi connectivity index (χ1n) is 8.54. The zero-order valence-electron chi connectivity index (χ0n) is 15.0. The highest BCUT2D eigenvalue weighted by atomic mass is 35.5. The number of amides is 1. The van der Waals surface area contributed by atoms with Crippen molar-refractivity contribution >= 4 is 29.5 Å². The Morgan fingerprint density at radius 1 is 1.31 bits per heavy atom. The Bertz CT molecular complexity index is 915. The van der Waals surface area contributed by atoms with Crippen LogP contribution in [0.5, 0.6) is 0 Å². The number of fused-ring (bicyclic) bond motifs is 1. The molecule has 2 heterocycles. The molecule has 144 valence electrons. The lowest BCUT2D eigenvalue weighted by Gasteiger charge is -2.31. The molecule has 26 heavy (non-hydrogen) atoms. The summed E-state index contributed by atoms with van der Waals surface area (Å²) in [4.78, 5) is 41.6. The number of nitrogens with zero attached hydrogens (tertiary/aromatic N) is 4. The third kappa shape index (κ3) is 3.54. The fourth-order valence-corrected chi connectivity index (χ4v) is 3.61. The Labute approximate surface area is 156 Å². The summed E-state index contributed by atoms with van der Waals surface area (Å²) in [7, 11) is 3.22. The Morgan fingerprint density at radius 2 is 2.00 bits per heavy atom. The third-order valence-electron chi connectivity index (χ3n) is 5.06. The first-order valence-corrected chi connectivity index (χ1v) is 8.54. The second-order valence-corrected chi connectivity index (χ2v) is 6.71. The van der Waals surface area contributed by atoms with E-state index in [1.54, 1.807) is 11.6 Å². The number of aromatic nitrogens is 4. The second kappa shape index (κ2) is 8.05. The largest absolute Gasteiger partial charge is 0.351 e. The number of hydrogen-bond donors (Lipinski definition) is 2. The van der Waals surface area contributed by atoms with Gasteiger partial charge in [-0.15, -0.1) is 12.4 Å². The molecule has 10 heteroatoms. The molecule has 9 nitrogen and oxygen atoms in total. The van der Waals surface area contributed by atoms with Crippen molar-refractivity contribution in [3.63, 3.8) is 0 Å². The van der Waals surface area contributed by atoms with Gasteiger partial charge in [0.2, 0.25) is 5.91 Å². The minimum atomic E-state index is -0.551. The summed E-state index contributed by atoms with van der Waals surface area (Å²) < 4.78 is 3.80. The molecule has 0 aromatic carbocycles. The molecule has 1 amide bonds. The maximum atomic E-state index is 12.6. The van der Waals surface area contributed by atoms with Gasteiger partial charge in [0.25, 0.3) is 5.56 Å². The fraction of sp³-hybridized carbons (Fsp3) is 0.625. The molecule has 0 bridgehead atoms. The number of halogens is 1. The zero-order valence-corrected chi connectivity index (χ0v) is 15.8. The highest BCUT2D eigenvalue weighted by Gasteiger charge is 2.26. The van der Waals surface area contributed by atoms with E-state index >= 15 is 0 Å². The average molecular weight is 385 g/mol. The predicted octanol–water partition coefficient (Wildman–Crippen LogP) is -0.511. The van der Waals surface area contributed by atoms with Crippen molar-refractivity contribution in [2.45, 2.75) is 38.3 Å². The van der Waals surface area contributed by atoms with E-state index in [1.807, 2.05) is 0 Å². The summed E-state index contributed by atoms with van der Waals surface area (Å²) >= 11 is 0. The molecule has 1 aliphatic carbocycles. The van der Waals surface area contributed by atoms with Crippen LogP contribution in [0.15, 0.2) is 15.9 Å². The molecule has 0 aliphatic heterocycles. The van der Waals surface area contributed by atoms with Crippen molar-refractivity contribution in [1.29, 1.82) is 0 Å². The van der Waals surface area contributed by atoms with Crippen LogP contribution in [0.3, 0.4) is 0 Å². The van der Waals surface area contributed by atoms with Crippen LogP contribution in [0.1, 0.15) is 25.7 Å². The molecule has 0 radical (unpaired) electrons. The molecule has 2 atom stereocenters. The number of aryl methyl sites for hydroxylation is 2. The molecule has 1 fully saturated rings. The number of imidazole rings is 1. The average Bonchev–Trinajstić information content (AvgIpc) is 2.99. The smallest absolute Gasteiger partial charge is 0.332 e. The van der Waals surface area contributed by atoms with Crippen LogP contribution in [-0.2, 0) is 25.4 Å². The minimum Gasteiger partial charge on any atom is -0.351 e. The van der Waals surface area contributed by atoms with Crippen molar-refractivity contribution < 1.29 is 4.79 Å². The number of carbonyl (C=O) groups excluding carboxylic acids is 1. The normalized spacial score (nSPS) is 20.0. The molecule has 0 saturated heterocycles. The van der Waals surface area contributed by atoms with Crippen LogP contribution in [-0.4, -0.2) is 37.2 Å².